The fraction of sp³-hybridized carbons (Fsp3) is 0.467. The molecule has 21 heavy (non-hydrogen) atoms. The molecule has 1 saturated heterocycles. The van der Waals surface area contributed by atoms with E-state index in [9.17, 15) is 14.0 Å². The van der Waals surface area contributed by atoms with Crippen LogP contribution in [-0.4, -0.2) is 35.0 Å². The Morgan fingerprint density at radius 3 is 2.90 bits per heavy atom. The Labute approximate surface area is 127 Å². The molecule has 1 aliphatic heterocycles. The summed E-state index contributed by atoms with van der Waals surface area (Å²) in [6, 6.07) is 3.92. The molecule has 1 aromatic rings. The van der Waals surface area contributed by atoms with Crippen LogP contribution in [0, 0.1) is 11.7 Å². The SMILES string of the molecule is O=C(O)CC[C@@H]1CCCN(C(=O)c2cc(Cl)ccc2F)C1. The van der Waals surface area contributed by atoms with Crippen molar-refractivity contribution in [2.45, 2.75) is 25.7 Å². The van der Waals surface area contributed by atoms with E-state index in [-0.39, 0.29) is 23.8 Å². The molecule has 1 heterocycles. The number of hydrogen-bond donors (Lipinski definition) is 1. The topological polar surface area (TPSA) is 57.6 Å². The minimum atomic E-state index is -0.834. The number of amides is 1. The number of nitrogens with zero attached hydrogens (tertiary/aromatic N) is 1. The van der Waals surface area contributed by atoms with Crippen LogP contribution >= 0.6 is 11.6 Å². The first-order chi connectivity index (χ1) is 9.97. The first-order valence-electron chi connectivity index (χ1n) is 6.93. The average molecular weight is 314 g/mol. The normalized spacial score (nSPS) is 18.6. The second-order valence-electron chi connectivity index (χ2n) is 5.32. The van der Waals surface area contributed by atoms with Crippen LogP contribution in [0.5, 0.6) is 0 Å². The smallest absolute Gasteiger partial charge is 0.303 e. The van der Waals surface area contributed by atoms with Gasteiger partial charge in [-0.15, -0.1) is 0 Å². The maximum atomic E-state index is 13.7. The lowest BCUT2D eigenvalue weighted by molar-refractivity contribution is -0.137. The summed E-state index contributed by atoms with van der Waals surface area (Å²) >= 11 is 5.81. The lowest BCUT2D eigenvalue weighted by atomic mass is 9.93. The molecule has 0 radical (unpaired) electrons. The van der Waals surface area contributed by atoms with Crippen LogP contribution in [0.15, 0.2) is 18.2 Å². The summed E-state index contributed by atoms with van der Waals surface area (Å²) < 4.78 is 13.7. The number of piperidine rings is 1. The minimum Gasteiger partial charge on any atom is -0.481 e. The van der Waals surface area contributed by atoms with Crippen LogP contribution in [0.3, 0.4) is 0 Å². The Kier molecular flexibility index (Phi) is 5.17. The summed E-state index contributed by atoms with van der Waals surface area (Å²) in [4.78, 5) is 24.6. The number of rotatable bonds is 4. The quantitative estimate of drug-likeness (QED) is 0.928. The molecular formula is C15H17ClFNO3. The standard InChI is InChI=1S/C15H17ClFNO3/c16-11-4-5-13(17)12(8-11)15(21)18-7-1-2-10(9-18)3-6-14(19)20/h4-5,8,10H,1-3,6-7,9H2,(H,19,20)/t10-/m0/s1. The van der Waals surface area contributed by atoms with E-state index >= 15 is 0 Å². The summed E-state index contributed by atoms with van der Waals surface area (Å²) in [6.45, 7) is 1.03. The third kappa shape index (κ3) is 4.17. The molecule has 0 aliphatic carbocycles. The van der Waals surface area contributed by atoms with Gasteiger partial charge < -0.3 is 10.0 Å². The summed E-state index contributed by atoms with van der Waals surface area (Å²) in [6.07, 6.45) is 2.34. The van der Waals surface area contributed by atoms with E-state index < -0.39 is 11.8 Å². The van der Waals surface area contributed by atoms with E-state index in [0.29, 0.717) is 24.5 Å². The number of carboxylic acids is 1. The number of carboxylic acid groups (broad SMARTS) is 1. The zero-order valence-corrected chi connectivity index (χ0v) is 12.3. The summed E-state index contributed by atoms with van der Waals surface area (Å²) in [7, 11) is 0. The van der Waals surface area contributed by atoms with Gasteiger partial charge >= 0.3 is 5.97 Å². The largest absolute Gasteiger partial charge is 0.481 e. The maximum absolute atomic E-state index is 13.7. The van der Waals surface area contributed by atoms with Crippen LogP contribution in [0.2, 0.25) is 5.02 Å². The third-order valence-corrected chi connectivity index (χ3v) is 3.97. The minimum absolute atomic E-state index is 0.0265. The van der Waals surface area contributed by atoms with Crippen LogP contribution < -0.4 is 0 Å². The van der Waals surface area contributed by atoms with Gasteiger partial charge in [-0.05, 0) is 43.4 Å². The van der Waals surface area contributed by atoms with Crippen molar-refractivity contribution in [2.75, 3.05) is 13.1 Å². The van der Waals surface area contributed by atoms with Crippen LogP contribution in [-0.2, 0) is 4.79 Å². The monoisotopic (exact) mass is 313 g/mol. The summed E-state index contributed by atoms with van der Waals surface area (Å²) in [5.74, 6) is -1.65. The van der Waals surface area contributed by atoms with Gasteiger partial charge in [0.2, 0.25) is 0 Å². The van der Waals surface area contributed by atoms with Gasteiger partial charge in [0.1, 0.15) is 5.82 Å². The van der Waals surface area contributed by atoms with Gasteiger partial charge in [-0.2, -0.15) is 0 Å². The average Bonchev–Trinajstić information content (AvgIpc) is 2.47. The number of benzene rings is 1. The summed E-state index contributed by atoms with van der Waals surface area (Å²) in [5, 5.41) is 9.04. The Hall–Kier alpha value is -1.62. The zero-order chi connectivity index (χ0) is 15.4. The molecule has 0 saturated carbocycles. The van der Waals surface area contributed by atoms with E-state index in [2.05, 4.69) is 0 Å². The molecule has 1 aromatic carbocycles. The lowest BCUT2D eigenvalue weighted by Crippen LogP contribution is -2.40. The molecule has 6 heteroatoms. The summed E-state index contributed by atoms with van der Waals surface area (Å²) in [5.41, 5.74) is -0.0265. The van der Waals surface area contributed by atoms with E-state index in [1.807, 2.05) is 0 Å². The second-order valence-corrected chi connectivity index (χ2v) is 5.75. The maximum Gasteiger partial charge on any atom is 0.303 e. The molecule has 1 N–H and O–H groups in total. The highest BCUT2D eigenvalue weighted by molar-refractivity contribution is 6.31. The molecule has 0 bridgehead atoms. The third-order valence-electron chi connectivity index (χ3n) is 3.73. The van der Waals surface area contributed by atoms with Crippen LogP contribution in [0.4, 0.5) is 4.39 Å². The number of halogens is 2. The van der Waals surface area contributed by atoms with Gasteiger partial charge in [0.25, 0.3) is 5.91 Å². The van der Waals surface area contributed by atoms with Crippen molar-refractivity contribution in [1.29, 1.82) is 0 Å². The molecule has 1 atom stereocenters. The lowest BCUT2D eigenvalue weighted by Gasteiger charge is -2.32. The number of carbonyl (C=O) groups is 2. The van der Waals surface area contributed by atoms with Crippen molar-refractivity contribution >= 4 is 23.5 Å². The fourth-order valence-corrected chi connectivity index (χ4v) is 2.82. The van der Waals surface area contributed by atoms with Crippen LogP contribution in [0.1, 0.15) is 36.0 Å². The predicted octanol–water partition coefficient (Wildman–Crippen LogP) is 3.20. The highest BCUT2D eigenvalue weighted by atomic mass is 35.5. The van der Waals surface area contributed by atoms with Gasteiger partial charge in [-0.3, -0.25) is 9.59 Å². The van der Waals surface area contributed by atoms with Crippen molar-refractivity contribution in [3.05, 3.63) is 34.6 Å². The fourth-order valence-electron chi connectivity index (χ4n) is 2.64. The zero-order valence-electron chi connectivity index (χ0n) is 11.5. The first kappa shape index (κ1) is 15.8. The van der Waals surface area contributed by atoms with Gasteiger partial charge in [-0.1, -0.05) is 11.6 Å². The molecule has 1 amide bonds. The Bertz CT molecular complexity index is 550. The Balaban J connectivity index is 2.05. The number of carbonyl (C=O) groups excluding carboxylic acids is 1. The Morgan fingerprint density at radius 1 is 1.43 bits per heavy atom. The molecule has 0 spiro atoms. The molecule has 0 unspecified atom stereocenters. The number of hydrogen-bond acceptors (Lipinski definition) is 2. The van der Waals surface area contributed by atoms with Crippen molar-refractivity contribution in [3.63, 3.8) is 0 Å². The molecule has 0 aromatic heterocycles. The molecule has 2 rings (SSSR count). The van der Waals surface area contributed by atoms with Crippen molar-refractivity contribution < 1.29 is 19.1 Å². The van der Waals surface area contributed by atoms with E-state index in [1.165, 1.54) is 18.2 Å². The van der Waals surface area contributed by atoms with Gasteiger partial charge in [0.15, 0.2) is 0 Å². The van der Waals surface area contributed by atoms with E-state index in [4.69, 9.17) is 16.7 Å². The van der Waals surface area contributed by atoms with Gasteiger partial charge in [0.05, 0.1) is 5.56 Å². The number of aliphatic carboxylic acids is 1. The van der Waals surface area contributed by atoms with E-state index in [1.54, 1.807) is 4.90 Å². The molecule has 1 aliphatic rings. The molecular weight excluding hydrogens is 297 g/mol. The van der Waals surface area contributed by atoms with Crippen molar-refractivity contribution in [3.8, 4) is 0 Å². The second kappa shape index (κ2) is 6.89. The van der Waals surface area contributed by atoms with Gasteiger partial charge in [-0.25, -0.2) is 4.39 Å². The Morgan fingerprint density at radius 2 is 2.19 bits per heavy atom. The molecule has 114 valence electrons. The number of likely N-dealkylation sites (tertiary alicyclic amines) is 1. The first-order valence-corrected chi connectivity index (χ1v) is 7.31. The van der Waals surface area contributed by atoms with E-state index in [0.717, 1.165) is 12.8 Å². The highest BCUT2D eigenvalue weighted by Crippen LogP contribution is 2.24. The van der Waals surface area contributed by atoms with Crippen LogP contribution in [0.25, 0.3) is 0 Å². The van der Waals surface area contributed by atoms with Crippen molar-refractivity contribution in [2.24, 2.45) is 5.92 Å². The highest BCUT2D eigenvalue weighted by Gasteiger charge is 2.26. The molecule has 1 fully saturated rings. The predicted molar refractivity (Wildman–Crippen MR) is 76.9 cm³/mol. The van der Waals surface area contributed by atoms with Gasteiger partial charge in [0, 0.05) is 24.5 Å². The van der Waals surface area contributed by atoms with Crippen molar-refractivity contribution in [1.82, 2.24) is 4.90 Å². The molecule has 4 nitrogen and oxygen atoms in total.